The first-order chi connectivity index (χ1) is 6.93. The number of hydrogen-bond acceptors (Lipinski definition) is 2. The number of thioether (sulfide) groups is 1. The van der Waals surface area contributed by atoms with Gasteiger partial charge in [-0.15, -0.1) is 0 Å². The van der Waals surface area contributed by atoms with E-state index in [-0.39, 0.29) is 0 Å². The lowest BCUT2D eigenvalue weighted by atomic mass is 10.2. The molecule has 0 N–H and O–H groups in total. The van der Waals surface area contributed by atoms with Crippen molar-refractivity contribution in [2.45, 2.75) is 31.4 Å². The summed E-state index contributed by atoms with van der Waals surface area (Å²) in [6, 6.07) is 4.00. The third-order valence-corrected chi connectivity index (χ3v) is 3.83. The predicted octanol–water partition coefficient (Wildman–Crippen LogP) is 4.51. The highest BCUT2D eigenvalue weighted by Crippen LogP contribution is 2.14. The normalized spacial score (nSPS) is 10.6. The summed E-state index contributed by atoms with van der Waals surface area (Å²) in [6.45, 7) is 0. The maximum absolute atomic E-state index is 5.26. The summed E-state index contributed by atoms with van der Waals surface area (Å²) < 4.78 is 6.56. The highest BCUT2D eigenvalue weighted by atomic mass is 127. The largest absolute Gasteiger partial charge is 0.468 e. The smallest absolute Gasteiger partial charge is 0.113 e. The van der Waals surface area contributed by atoms with Gasteiger partial charge in [0.05, 0.1) is 12.0 Å². The van der Waals surface area contributed by atoms with E-state index in [0.29, 0.717) is 0 Å². The molecular formula is C11H17IOS. The van der Waals surface area contributed by atoms with Crippen molar-refractivity contribution < 1.29 is 4.42 Å². The average molecular weight is 324 g/mol. The maximum atomic E-state index is 5.26. The topological polar surface area (TPSA) is 13.1 Å². The molecule has 0 saturated carbocycles. The van der Waals surface area contributed by atoms with Crippen molar-refractivity contribution >= 4 is 34.4 Å². The van der Waals surface area contributed by atoms with Crippen LogP contribution in [-0.2, 0) is 5.75 Å². The van der Waals surface area contributed by atoms with Crippen molar-refractivity contribution in [3.63, 3.8) is 0 Å². The number of hydrogen-bond donors (Lipinski definition) is 0. The Morgan fingerprint density at radius 2 is 2.07 bits per heavy atom. The van der Waals surface area contributed by atoms with E-state index in [9.17, 15) is 0 Å². The number of furan rings is 1. The number of alkyl halides is 1. The molecule has 0 aromatic carbocycles. The van der Waals surface area contributed by atoms with E-state index in [4.69, 9.17) is 4.42 Å². The second-order valence-corrected chi connectivity index (χ2v) is 5.42. The van der Waals surface area contributed by atoms with Gasteiger partial charge < -0.3 is 4.42 Å². The molecule has 1 heterocycles. The monoisotopic (exact) mass is 324 g/mol. The lowest BCUT2D eigenvalue weighted by Gasteiger charge is -1.99. The zero-order valence-corrected chi connectivity index (χ0v) is 11.4. The van der Waals surface area contributed by atoms with Crippen LogP contribution >= 0.6 is 34.4 Å². The molecule has 0 aliphatic carbocycles. The molecule has 0 aliphatic rings. The second-order valence-electron chi connectivity index (χ2n) is 3.24. The quantitative estimate of drug-likeness (QED) is 0.396. The minimum absolute atomic E-state index is 1.03. The van der Waals surface area contributed by atoms with Gasteiger partial charge in [0.2, 0.25) is 0 Å². The molecule has 0 radical (unpaired) electrons. The molecule has 0 unspecified atom stereocenters. The van der Waals surface area contributed by atoms with E-state index in [0.717, 1.165) is 11.5 Å². The first-order valence-electron chi connectivity index (χ1n) is 5.09. The summed E-state index contributed by atoms with van der Waals surface area (Å²) in [5.74, 6) is 3.39. The van der Waals surface area contributed by atoms with E-state index < -0.39 is 0 Å². The Hall–Kier alpha value is 0.360. The molecule has 1 aromatic rings. The molecule has 0 fully saturated rings. The van der Waals surface area contributed by atoms with Gasteiger partial charge in [-0.25, -0.2) is 0 Å². The van der Waals surface area contributed by atoms with Gasteiger partial charge in [0.15, 0.2) is 0 Å². The Morgan fingerprint density at radius 3 is 2.79 bits per heavy atom. The second kappa shape index (κ2) is 8.65. The molecule has 1 aromatic heterocycles. The van der Waals surface area contributed by atoms with Gasteiger partial charge in [0.25, 0.3) is 0 Å². The van der Waals surface area contributed by atoms with Gasteiger partial charge in [0.1, 0.15) is 5.76 Å². The van der Waals surface area contributed by atoms with Crippen molar-refractivity contribution in [2.75, 3.05) is 10.2 Å². The molecule has 0 amide bonds. The molecule has 3 heteroatoms. The Bertz CT molecular complexity index is 211. The summed E-state index contributed by atoms with van der Waals surface area (Å²) in [5.41, 5.74) is 0. The summed E-state index contributed by atoms with van der Waals surface area (Å²) in [6.07, 6.45) is 7.25. The van der Waals surface area contributed by atoms with Crippen molar-refractivity contribution in [3.05, 3.63) is 24.2 Å². The molecule has 1 nitrogen and oxygen atoms in total. The van der Waals surface area contributed by atoms with E-state index in [1.807, 2.05) is 23.9 Å². The summed E-state index contributed by atoms with van der Waals surface area (Å²) >= 11 is 4.42. The van der Waals surface area contributed by atoms with Gasteiger partial charge in [-0.05, 0) is 35.2 Å². The maximum Gasteiger partial charge on any atom is 0.113 e. The highest BCUT2D eigenvalue weighted by molar-refractivity contribution is 14.1. The van der Waals surface area contributed by atoms with Crippen molar-refractivity contribution in [3.8, 4) is 0 Å². The molecule has 0 spiro atoms. The molecule has 0 aliphatic heterocycles. The van der Waals surface area contributed by atoms with Gasteiger partial charge in [-0.3, -0.25) is 0 Å². The molecule has 0 atom stereocenters. The molecule has 0 bridgehead atoms. The molecule has 14 heavy (non-hydrogen) atoms. The van der Waals surface area contributed by atoms with Crippen LogP contribution in [0.1, 0.15) is 31.4 Å². The van der Waals surface area contributed by atoms with Gasteiger partial charge in [-0.2, -0.15) is 11.8 Å². The summed E-state index contributed by atoms with van der Waals surface area (Å²) in [5, 5.41) is 0. The van der Waals surface area contributed by atoms with E-state index in [2.05, 4.69) is 22.6 Å². The van der Waals surface area contributed by atoms with Gasteiger partial charge in [-0.1, -0.05) is 35.4 Å². The van der Waals surface area contributed by atoms with Crippen LogP contribution in [0.2, 0.25) is 0 Å². The summed E-state index contributed by atoms with van der Waals surface area (Å²) in [4.78, 5) is 0. The predicted molar refractivity (Wildman–Crippen MR) is 72.2 cm³/mol. The molecule has 80 valence electrons. The van der Waals surface area contributed by atoms with Crippen LogP contribution in [0.4, 0.5) is 0 Å². The van der Waals surface area contributed by atoms with Crippen molar-refractivity contribution in [2.24, 2.45) is 0 Å². The van der Waals surface area contributed by atoms with Crippen molar-refractivity contribution in [1.82, 2.24) is 0 Å². The van der Waals surface area contributed by atoms with Crippen LogP contribution in [0, 0.1) is 0 Å². The zero-order valence-electron chi connectivity index (χ0n) is 8.38. The van der Waals surface area contributed by atoms with Crippen LogP contribution in [-0.4, -0.2) is 10.2 Å². The Labute approximate surface area is 104 Å². The number of unbranched alkanes of at least 4 members (excludes halogenated alkanes) is 3. The lowest BCUT2D eigenvalue weighted by molar-refractivity contribution is 0.530. The average Bonchev–Trinajstić information content (AvgIpc) is 2.69. The van der Waals surface area contributed by atoms with E-state index >= 15 is 0 Å². The highest BCUT2D eigenvalue weighted by Gasteiger charge is 1.95. The van der Waals surface area contributed by atoms with Crippen LogP contribution in [0.5, 0.6) is 0 Å². The van der Waals surface area contributed by atoms with Crippen LogP contribution < -0.4 is 0 Å². The van der Waals surface area contributed by atoms with Crippen molar-refractivity contribution in [1.29, 1.82) is 0 Å². The Morgan fingerprint density at radius 1 is 1.21 bits per heavy atom. The van der Waals surface area contributed by atoms with Crippen LogP contribution in [0.15, 0.2) is 22.8 Å². The third-order valence-electron chi connectivity index (χ3n) is 2.00. The molecule has 0 saturated heterocycles. The molecule has 1 rings (SSSR count). The minimum Gasteiger partial charge on any atom is -0.468 e. The standard InChI is InChI=1S/C11H17IOS/c12-7-3-1-2-4-9-14-10-11-6-5-8-13-11/h5-6,8H,1-4,7,9-10H2. The fourth-order valence-electron chi connectivity index (χ4n) is 1.22. The van der Waals surface area contributed by atoms with Gasteiger partial charge >= 0.3 is 0 Å². The number of halogens is 1. The minimum atomic E-state index is 1.03. The first kappa shape index (κ1) is 12.4. The molecular weight excluding hydrogens is 307 g/mol. The van der Waals surface area contributed by atoms with Gasteiger partial charge in [0, 0.05) is 0 Å². The lowest BCUT2D eigenvalue weighted by Crippen LogP contribution is -1.83. The van der Waals surface area contributed by atoms with Crippen LogP contribution in [0.3, 0.4) is 0 Å². The van der Waals surface area contributed by atoms with E-state index in [1.54, 1.807) is 6.26 Å². The zero-order chi connectivity index (χ0) is 10.1. The number of rotatable bonds is 8. The van der Waals surface area contributed by atoms with E-state index in [1.165, 1.54) is 35.9 Å². The third kappa shape index (κ3) is 5.96. The van der Waals surface area contributed by atoms with Crippen LogP contribution in [0.25, 0.3) is 0 Å². The SMILES string of the molecule is ICCCCCCSCc1ccco1. The Kier molecular flexibility index (Phi) is 7.68. The Balaban J connectivity index is 1.85. The summed E-state index contributed by atoms with van der Waals surface area (Å²) in [7, 11) is 0. The first-order valence-corrected chi connectivity index (χ1v) is 7.77. The fourth-order valence-corrected chi connectivity index (χ4v) is 2.68. The fraction of sp³-hybridized carbons (Fsp3) is 0.636.